The molecule has 6 heteroatoms. The molecule has 0 saturated carbocycles. The maximum Gasteiger partial charge on any atom is 0.253 e. The van der Waals surface area contributed by atoms with Crippen molar-refractivity contribution in [1.29, 1.82) is 0 Å². The van der Waals surface area contributed by atoms with Gasteiger partial charge in [-0.3, -0.25) is 14.5 Å². The van der Waals surface area contributed by atoms with Crippen molar-refractivity contribution in [2.75, 3.05) is 52.1 Å². The lowest BCUT2D eigenvalue weighted by Gasteiger charge is -2.26. The zero-order valence-corrected chi connectivity index (χ0v) is 12.6. The lowest BCUT2D eigenvalue weighted by molar-refractivity contribution is -0.117. The van der Waals surface area contributed by atoms with Crippen LogP contribution < -0.4 is 10.6 Å². The number of nitrogens with one attached hydrogen (secondary N) is 2. The number of piperazine rings is 1. The molecular formula is C15H22N4O2. The molecule has 6 nitrogen and oxygen atoms in total. The predicted octanol–water partition coefficient (Wildman–Crippen LogP) is 0.232. The molecule has 1 fully saturated rings. The molecule has 1 aromatic rings. The molecule has 2 N–H and O–H groups in total. The topological polar surface area (TPSA) is 64.7 Å². The molecule has 0 aromatic heterocycles. The molecule has 2 rings (SSSR count). The molecule has 0 aliphatic carbocycles. The highest BCUT2D eigenvalue weighted by molar-refractivity contribution is 5.97. The first-order valence-corrected chi connectivity index (χ1v) is 7.11. The highest BCUT2D eigenvalue weighted by atomic mass is 16.2. The molecule has 1 aliphatic heterocycles. The minimum Gasteiger partial charge on any atom is -0.345 e. The van der Waals surface area contributed by atoms with E-state index in [-0.39, 0.29) is 11.8 Å². The van der Waals surface area contributed by atoms with Crippen molar-refractivity contribution >= 4 is 17.5 Å². The monoisotopic (exact) mass is 290 g/mol. The molecule has 1 heterocycles. The number of carbonyl (C=O) groups excluding carboxylic acids is 2. The van der Waals surface area contributed by atoms with E-state index in [1.807, 2.05) is 0 Å². The average molecular weight is 290 g/mol. The van der Waals surface area contributed by atoms with Gasteiger partial charge in [-0.15, -0.1) is 0 Å². The van der Waals surface area contributed by atoms with Crippen LogP contribution in [0.2, 0.25) is 0 Å². The summed E-state index contributed by atoms with van der Waals surface area (Å²) in [5.41, 5.74) is 1.22. The van der Waals surface area contributed by atoms with Crippen LogP contribution in [0.25, 0.3) is 0 Å². The summed E-state index contributed by atoms with van der Waals surface area (Å²) < 4.78 is 0. The van der Waals surface area contributed by atoms with E-state index in [0.29, 0.717) is 17.8 Å². The van der Waals surface area contributed by atoms with E-state index < -0.39 is 0 Å². The number of rotatable bonds is 4. The SMILES string of the molecule is CN(C)C(=O)c1cccc(NC(=O)CN2CCNCC2)c1. The Kier molecular flexibility index (Phi) is 5.30. The van der Waals surface area contributed by atoms with E-state index in [4.69, 9.17) is 0 Å². The van der Waals surface area contributed by atoms with Gasteiger partial charge >= 0.3 is 0 Å². The van der Waals surface area contributed by atoms with E-state index in [2.05, 4.69) is 15.5 Å². The Balaban J connectivity index is 1.94. The normalized spacial score (nSPS) is 15.5. The van der Waals surface area contributed by atoms with Gasteiger partial charge < -0.3 is 15.5 Å². The van der Waals surface area contributed by atoms with E-state index in [1.165, 1.54) is 4.90 Å². The summed E-state index contributed by atoms with van der Waals surface area (Å²) in [4.78, 5) is 27.6. The van der Waals surface area contributed by atoms with Crippen molar-refractivity contribution in [3.05, 3.63) is 29.8 Å². The number of benzene rings is 1. The van der Waals surface area contributed by atoms with Crippen LogP contribution in [0.4, 0.5) is 5.69 Å². The Morgan fingerprint density at radius 1 is 1.29 bits per heavy atom. The van der Waals surface area contributed by atoms with Gasteiger partial charge in [0.2, 0.25) is 5.91 Å². The lowest BCUT2D eigenvalue weighted by atomic mass is 10.2. The second kappa shape index (κ2) is 7.19. The van der Waals surface area contributed by atoms with E-state index in [1.54, 1.807) is 38.4 Å². The van der Waals surface area contributed by atoms with Crippen LogP contribution in [-0.2, 0) is 4.79 Å². The van der Waals surface area contributed by atoms with Gasteiger partial charge in [-0.1, -0.05) is 6.07 Å². The summed E-state index contributed by atoms with van der Waals surface area (Å²) in [5, 5.41) is 6.10. The van der Waals surface area contributed by atoms with E-state index in [0.717, 1.165) is 26.2 Å². The van der Waals surface area contributed by atoms with Gasteiger partial charge in [-0.05, 0) is 18.2 Å². The molecule has 1 saturated heterocycles. The molecule has 0 radical (unpaired) electrons. The van der Waals surface area contributed by atoms with Crippen LogP contribution in [0, 0.1) is 0 Å². The molecule has 1 aliphatic rings. The Morgan fingerprint density at radius 2 is 2.00 bits per heavy atom. The van der Waals surface area contributed by atoms with Crippen molar-refractivity contribution in [2.45, 2.75) is 0 Å². The molecular weight excluding hydrogens is 268 g/mol. The van der Waals surface area contributed by atoms with Crippen molar-refractivity contribution in [1.82, 2.24) is 15.1 Å². The number of nitrogens with zero attached hydrogens (tertiary/aromatic N) is 2. The van der Waals surface area contributed by atoms with Gasteiger partial charge in [0.15, 0.2) is 0 Å². The number of hydrogen-bond donors (Lipinski definition) is 2. The first-order chi connectivity index (χ1) is 10.1. The summed E-state index contributed by atoms with van der Waals surface area (Å²) in [5.74, 6) is -0.125. The zero-order valence-electron chi connectivity index (χ0n) is 12.6. The Morgan fingerprint density at radius 3 is 2.67 bits per heavy atom. The molecule has 0 atom stereocenters. The number of carbonyl (C=O) groups is 2. The standard InChI is InChI=1S/C15H22N4O2/c1-18(2)15(21)12-4-3-5-13(10-12)17-14(20)11-19-8-6-16-7-9-19/h3-5,10,16H,6-9,11H2,1-2H3,(H,17,20). The van der Waals surface area contributed by atoms with E-state index >= 15 is 0 Å². The summed E-state index contributed by atoms with van der Waals surface area (Å²) in [7, 11) is 3.41. The fourth-order valence-electron chi connectivity index (χ4n) is 2.26. The third-order valence-corrected chi connectivity index (χ3v) is 3.38. The maximum atomic E-state index is 12.0. The largest absolute Gasteiger partial charge is 0.345 e. The van der Waals surface area contributed by atoms with Gasteiger partial charge in [0.25, 0.3) is 5.91 Å². The first-order valence-electron chi connectivity index (χ1n) is 7.11. The van der Waals surface area contributed by atoms with Gasteiger partial charge in [0, 0.05) is 51.5 Å². The molecule has 1 aromatic carbocycles. The number of hydrogen-bond acceptors (Lipinski definition) is 4. The third-order valence-electron chi connectivity index (χ3n) is 3.38. The van der Waals surface area contributed by atoms with Gasteiger partial charge in [-0.2, -0.15) is 0 Å². The smallest absolute Gasteiger partial charge is 0.253 e. The Bertz CT molecular complexity index is 510. The average Bonchev–Trinajstić information content (AvgIpc) is 2.47. The van der Waals surface area contributed by atoms with Crippen LogP contribution >= 0.6 is 0 Å². The highest BCUT2D eigenvalue weighted by Gasteiger charge is 2.14. The number of amides is 2. The number of anilines is 1. The van der Waals surface area contributed by atoms with E-state index in [9.17, 15) is 9.59 Å². The summed E-state index contributed by atoms with van der Waals surface area (Å²) >= 11 is 0. The Hall–Kier alpha value is -1.92. The molecule has 2 amide bonds. The Labute approximate surface area is 125 Å². The maximum absolute atomic E-state index is 12.0. The minimum absolute atomic E-state index is 0.0497. The van der Waals surface area contributed by atoms with Crippen LogP contribution in [0.1, 0.15) is 10.4 Å². The van der Waals surface area contributed by atoms with Crippen molar-refractivity contribution in [3.8, 4) is 0 Å². The van der Waals surface area contributed by atoms with Crippen LogP contribution in [0.5, 0.6) is 0 Å². The molecule has 114 valence electrons. The molecule has 0 spiro atoms. The van der Waals surface area contributed by atoms with Gasteiger partial charge in [0.1, 0.15) is 0 Å². The first kappa shape index (κ1) is 15.5. The fraction of sp³-hybridized carbons (Fsp3) is 0.467. The fourth-order valence-corrected chi connectivity index (χ4v) is 2.26. The minimum atomic E-state index is -0.0757. The highest BCUT2D eigenvalue weighted by Crippen LogP contribution is 2.12. The van der Waals surface area contributed by atoms with Gasteiger partial charge in [0.05, 0.1) is 6.54 Å². The summed E-state index contributed by atoms with van der Waals surface area (Å²) in [6, 6.07) is 7.02. The van der Waals surface area contributed by atoms with Crippen LogP contribution in [-0.4, -0.2) is 68.4 Å². The summed E-state index contributed by atoms with van der Waals surface area (Å²) in [6.07, 6.45) is 0. The molecule has 21 heavy (non-hydrogen) atoms. The zero-order chi connectivity index (χ0) is 15.2. The third kappa shape index (κ3) is 4.54. The molecule has 0 unspecified atom stereocenters. The van der Waals surface area contributed by atoms with Gasteiger partial charge in [-0.25, -0.2) is 0 Å². The van der Waals surface area contributed by atoms with Crippen LogP contribution in [0.15, 0.2) is 24.3 Å². The van der Waals surface area contributed by atoms with Crippen LogP contribution in [0.3, 0.4) is 0 Å². The predicted molar refractivity (Wildman–Crippen MR) is 82.4 cm³/mol. The lowest BCUT2D eigenvalue weighted by Crippen LogP contribution is -2.46. The second-order valence-corrected chi connectivity index (χ2v) is 5.35. The van der Waals surface area contributed by atoms with Crippen molar-refractivity contribution < 1.29 is 9.59 Å². The van der Waals surface area contributed by atoms with Crippen molar-refractivity contribution in [3.63, 3.8) is 0 Å². The second-order valence-electron chi connectivity index (χ2n) is 5.35. The van der Waals surface area contributed by atoms with Crippen molar-refractivity contribution in [2.24, 2.45) is 0 Å². The quantitative estimate of drug-likeness (QED) is 0.833. The molecule has 0 bridgehead atoms. The summed E-state index contributed by atoms with van der Waals surface area (Å²) in [6.45, 7) is 3.98.